The second-order valence-corrected chi connectivity index (χ2v) is 8.53. The van der Waals surface area contributed by atoms with Crippen LogP contribution in [0.25, 0.3) is 0 Å². The molecule has 0 radical (unpaired) electrons. The average molecular weight is 293 g/mol. The molecular weight excluding hydrogens is 270 g/mol. The summed E-state index contributed by atoms with van der Waals surface area (Å²) in [5, 5.41) is 3.33. The lowest BCUT2D eigenvalue weighted by atomic mass is 9.62. The number of fused-ring (bicyclic) bond motifs is 1. The predicted molar refractivity (Wildman–Crippen MR) is 81.7 cm³/mol. The van der Waals surface area contributed by atoms with Crippen LogP contribution in [0.2, 0.25) is 0 Å². The van der Waals surface area contributed by atoms with Gasteiger partial charge < -0.3 is 5.32 Å². The first-order valence-corrected chi connectivity index (χ1v) is 9.33. The fourth-order valence-corrected chi connectivity index (χ4v) is 6.16. The summed E-state index contributed by atoms with van der Waals surface area (Å²) < 4.78 is 23.8. The summed E-state index contributed by atoms with van der Waals surface area (Å²) >= 11 is 0. The molecule has 4 heteroatoms. The number of sulfone groups is 1. The Labute approximate surface area is 121 Å². The molecule has 0 saturated carbocycles. The van der Waals surface area contributed by atoms with Gasteiger partial charge in [-0.1, -0.05) is 24.3 Å². The minimum Gasteiger partial charge on any atom is -0.319 e. The van der Waals surface area contributed by atoms with Crippen LogP contribution in [0.4, 0.5) is 0 Å². The Morgan fingerprint density at radius 3 is 2.85 bits per heavy atom. The quantitative estimate of drug-likeness (QED) is 0.926. The van der Waals surface area contributed by atoms with Crippen LogP contribution >= 0.6 is 0 Å². The average Bonchev–Trinajstić information content (AvgIpc) is 2.80. The summed E-state index contributed by atoms with van der Waals surface area (Å²) in [6.45, 7) is 0.879. The van der Waals surface area contributed by atoms with Gasteiger partial charge in [-0.05, 0) is 49.8 Å². The highest BCUT2D eigenvalue weighted by atomic mass is 32.2. The molecule has 0 amide bonds. The summed E-state index contributed by atoms with van der Waals surface area (Å²) in [7, 11) is -0.857. The van der Waals surface area contributed by atoms with Gasteiger partial charge in [0.1, 0.15) is 0 Å². The molecular formula is C16H23NO2S. The van der Waals surface area contributed by atoms with Crippen LogP contribution < -0.4 is 5.32 Å². The lowest BCUT2D eigenvalue weighted by Crippen LogP contribution is -2.46. The lowest BCUT2D eigenvalue weighted by Gasteiger charge is -2.43. The van der Waals surface area contributed by atoms with Gasteiger partial charge in [-0.2, -0.15) is 0 Å². The van der Waals surface area contributed by atoms with Crippen molar-refractivity contribution in [2.45, 2.75) is 31.1 Å². The fourth-order valence-electron chi connectivity index (χ4n) is 4.25. The van der Waals surface area contributed by atoms with Crippen molar-refractivity contribution in [3.63, 3.8) is 0 Å². The molecule has 1 N–H and O–H groups in total. The summed E-state index contributed by atoms with van der Waals surface area (Å²) in [5.74, 6) is 0.996. The number of nitrogens with one attached hydrogen (secondary N) is 1. The van der Waals surface area contributed by atoms with E-state index in [1.54, 1.807) is 0 Å². The van der Waals surface area contributed by atoms with Gasteiger partial charge >= 0.3 is 0 Å². The maximum absolute atomic E-state index is 11.9. The highest BCUT2D eigenvalue weighted by Crippen LogP contribution is 2.46. The van der Waals surface area contributed by atoms with Gasteiger partial charge in [0, 0.05) is 12.0 Å². The SMILES string of the molecule is CNCC1(C2CCS(=O)(=O)C2)CCCc2ccccc21. The van der Waals surface area contributed by atoms with Crippen LogP contribution in [0.3, 0.4) is 0 Å². The van der Waals surface area contributed by atoms with Crippen molar-refractivity contribution in [2.75, 3.05) is 25.1 Å². The summed E-state index contributed by atoms with van der Waals surface area (Å²) in [5.41, 5.74) is 2.81. The van der Waals surface area contributed by atoms with E-state index in [0.29, 0.717) is 11.5 Å². The van der Waals surface area contributed by atoms with Crippen molar-refractivity contribution >= 4 is 9.84 Å². The Morgan fingerprint density at radius 2 is 2.15 bits per heavy atom. The molecule has 1 aliphatic heterocycles. The molecule has 110 valence electrons. The van der Waals surface area contributed by atoms with Gasteiger partial charge in [-0.3, -0.25) is 0 Å². The summed E-state index contributed by atoms with van der Waals surface area (Å²) in [6, 6.07) is 8.62. The molecule has 2 aliphatic rings. The molecule has 0 spiro atoms. The standard InChI is InChI=1S/C16H23NO2S/c1-17-12-16(14-8-10-20(18,19)11-14)9-4-6-13-5-2-3-7-15(13)16/h2-3,5,7,14,17H,4,6,8-12H2,1H3. The highest BCUT2D eigenvalue weighted by molar-refractivity contribution is 7.91. The molecule has 0 bridgehead atoms. The molecule has 1 saturated heterocycles. The fraction of sp³-hybridized carbons (Fsp3) is 0.625. The van der Waals surface area contributed by atoms with E-state index < -0.39 is 9.84 Å². The van der Waals surface area contributed by atoms with Crippen LogP contribution in [0.15, 0.2) is 24.3 Å². The summed E-state index contributed by atoms with van der Waals surface area (Å²) in [4.78, 5) is 0. The Bertz CT molecular complexity index is 596. The van der Waals surface area contributed by atoms with Crippen molar-refractivity contribution in [2.24, 2.45) is 5.92 Å². The molecule has 0 aromatic heterocycles. The topological polar surface area (TPSA) is 46.2 Å². The van der Waals surface area contributed by atoms with Crippen molar-refractivity contribution in [3.8, 4) is 0 Å². The Balaban J connectivity index is 2.06. The molecule has 2 unspecified atom stereocenters. The van der Waals surface area contributed by atoms with E-state index in [9.17, 15) is 8.42 Å². The van der Waals surface area contributed by atoms with Gasteiger partial charge in [0.25, 0.3) is 0 Å². The molecule has 3 rings (SSSR count). The Kier molecular flexibility index (Phi) is 3.63. The maximum atomic E-state index is 11.9. The van der Waals surface area contributed by atoms with Crippen LogP contribution in [0.1, 0.15) is 30.4 Å². The van der Waals surface area contributed by atoms with Crippen LogP contribution in [-0.4, -0.2) is 33.5 Å². The van der Waals surface area contributed by atoms with Gasteiger partial charge in [0.2, 0.25) is 0 Å². The zero-order valence-corrected chi connectivity index (χ0v) is 12.9. The zero-order valence-electron chi connectivity index (χ0n) is 12.1. The van der Waals surface area contributed by atoms with E-state index in [1.807, 2.05) is 7.05 Å². The zero-order chi connectivity index (χ0) is 14.2. The molecule has 2 atom stereocenters. The second-order valence-electron chi connectivity index (χ2n) is 6.30. The molecule has 1 aromatic carbocycles. The molecule has 1 aromatic rings. The number of rotatable bonds is 3. The van der Waals surface area contributed by atoms with E-state index >= 15 is 0 Å². The first-order chi connectivity index (χ1) is 9.57. The van der Waals surface area contributed by atoms with E-state index in [2.05, 4.69) is 29.6 Å². The highest BCUT2D eigenvalue weighted by Gasteiger charge is 2.46. The molecule has 1 heterocycles. The van der Waals surface area contributed by atoms with E-state index in [0.717, 1.165) is 32.2 Å². The van der Waals surface area contributed by atoms with Crippen molar-refractivity contribution < 1.29 is 8.42 Å². The Morgan fingerprint density at radius 1 is 1.35 bits per heavy atom. The van der Waals surface area contributed by atoms with E-state index in [-0.39, 0.29) is 11.3 Å². The summed E-state index contributed by atoms with van der Waals surface area (Å²) in [6.07, 6.45) is 4.21. The Hall–Kier alpha value is -0.870. The van der Waals surface area contributed by atoms with Crippen molar-refractivity contribution in [3.05, 3.63) is 35.4 Å². The van der Waals surface area contributed by atoms with Crippen LogP contribution in [0.5, 0.6) is 0 Å². The van der Waals surface area contributed by atoms with E-state index in [1.165, 1.54) is 11.1 Å². The van der Waals surface area contributed by atoms with Crippen LogP contribution in [0, 0.1) is 5.92 Å². The van der Waals surface area contributed by atoms with E-state index in [4.69, 9.17) is 0 Å². The third-order valence-corrected chi connectivity index (χ3v) is 6.90. The first kappa shape index (κ1) is 14.1. The van der Waals surface area contributed by atoms with Gasteiger partial charge in [-0.25, -0.2) is 8.42 Å². The minimum atomic E-state index is -2.83. The molecule has 1 fully saturated rings. The van der Waals surface area contributed by atoms with Crippen molar-refractivity contribution in [1.29, 1.82) is 0 Å². The molecule has 20 heavy (non-hydrogen) atoms. The minimum absolute atomic E-state index is 0.00711. The van der Waals surface area contributed by atoms with Gasteiger partial charge in [0.05, 0.1) is 11.5 Å². The first-order valence-electron chi connectivity index (χ1n) is 7.51. The van der Waals surface area contributed by atoms with Crippen molar-refractivity contribution in [1.82, 2.24) is 5.32 Å². The molecule has 1 aliphatic carbocycles. The largest absolute Gasteiger partial charge is 0.319 e. The number of aryl methyl sites for hydroxylation is 1. The van der Waals surface area contributed by atoms with Gasteiger partial charge in [0.15, 0.2) is 9.84 Å². The monoisotopic (exact) mass is 293 g/mol. The number of hydrogen-bond acceptors (Lipinski definition) is 3. The van der Waals surface area contributed by atoms with Gasteiger partial charge in [-0.15, -0.1) is 0 Å². The third kappa shape index (κ3) is 2.29. The predicted octanol–water partition coefficient (Wildman–Crippen LogP) is 1.91. The number of likely N-dealkylation sites (N-methyl/N-ethyl adjacent to an activating group) is 1. The number of benzene rings is 1. The normalized spacial score (nSPS) is 31.9. The lowest BCUT2D eigenvalue weighted by molar-refractivity contribution is 0.244. The smallest absolute Gasteiger partial charge is 0.150 e. The number of hydrogen-bond donors (Lipinski definition) is 1. The second kappa shape index (κ2) is 5.15. The maximum Gasteiger partial charge on any atom is 0.150 e. The van der Waals surface area contributed by atoms with Crippen LogP contribution in [-0.2, 0) is 21.7 Å². The third-order valence-electron chi connectivity index (χ3n) is 5.13. The molecule has 3 nitrogen and oxygen atoms in total.